The van der Waals surface area contributed by atoms with E-state index in [0.717, 1.165) is 48.7 Å². The number of anilines is 1. The number of hydrogen-bond donors (Lipinski definition) is 0. The number of nitrogens with zero attached hydrogens (tertiary/aromatic N) is 4. The molecule has 2 heterocycles. The molecule has 1 aliphatic carbocycles. The van der Waals surface area contributed by atoms with E-state index in [2.05, 4.69) is 14.9 Å². The van der Waals surface area contributed by atoms with Crippen LogP contribution in [0.3, 0.4) is 0 Å². The number of rotatable bonds is 3. The van der Waals surface area contributed by atoms with E-state index in [1.54, 1.807) is 11.0 Å². The van der Waals surface area contributed by atoms with Crippen molar-refractivity contribution in [1.82, 2.24) is 14.9 Å². The van der Waals surface area contributed by atoms with Gasteiger partial charge in [-0.2, -0.15) is 0 Å². The topological polar surface area (TPSA) is 49.3 Å². The van der Waals surface area contributed by atoms with Crippen molar-refractivity contribution in [2.45, 2.75) is 39.2 Å². The van der Waals surface area contributed by atoms with E-state index < -0.39 is 0 Å². The number of carbonyl (C=O) groups excluding carboxylic acids is 1. The van der Waals surface area contributed by atoms with Crippen molar-refractivity contribution >= 4 is 11.7 Å². The third-order valence-electron chi connectivity index (χ3n) is 5.15. The lowest BCUT2D eigenvalue weighted by Gasteiger charge is -2.36. The van der Waals surface area contributed by atoms with E-state index >= 15 is 0 Å². The van der Waals surface area contributed by atoms with Gasteiger partial charge in [0.05, 0.1) is 6.54 Å². The molecule has 0 unspecified atom stereocenters. The first-order chi connectivity index (χ1) is 12.6. The molecule has 4 rings (SSSR count). The largest absolute Gasteiger partial charge is 0.345 e. The first-order valence-corrected chi connectivity index (χ1v) is 9.24. The molecular formula is C20H23FN4O. The van der Waals surface area contributed by atoms with Crippen LogP contribution in [0.4, 0.5) is 10.2 Å². The highest BCUT2D eigenvalue weighted by Gasteiger charge is 2.28. The Balaban J connectivity index is 1.51. The van der Waals surface area contributed by atoms with Gasteiger partial charge in [-0.3, -0.25) is 4.79 Å². The van der Waals surface area contributed by atoms with Gasteiger partial charge in [-0.25, -0.2) is 14.4 Å². The van der Waals surface area contributed by atoms with E-state index in [0.29, 0.717) is 19.6 Å². The third kappa shape index (κ3) is 3.41. The monoisotopic (exact) mass is 354 g/mol. The van der Waals surface area contributed by atoms with Crippen LogP contribution in [0.2, 0.25) is 0 Å². The summed E-state index contributed by atoms with van der Waals surface area (Å²) in [5.74, 6) is 1.50. The van der Waals surface area contributed by atoms with Crippen LogP contribution in [-0.4, -0.2) is 40.4 Å². The minimum Gasteiger partial charge on any atom is -0.345 e. The van der Waals surface area contributed by atoms with Crippen molar-refractivity contribution in [2.24, 2.45) is 0 Å². The Morgan fingerprint density at radius 2 is 2.00 bits per heavy atom. The molecule has 1 fully saturated rings. The fourth-order valence-electron chi connectivity index (χ4n) is 3.87. The van der Waals surface area contributed by atoms with Crippen LogP contribution in [0.1, 0.15) is 35.5 Å². The van der Waals surface area contributed by atoms with Crippen LogP contribution < -0.4 is 4.90 Å². The molecule has 1 aromatic heterocycles. The summed E-state index contributed by atoms with van der Waals surface area (Å²) in [6.07, 6.45) is 4.31. The van der Waals surface area contributed by atoms with Gasteiger partial charge in [0.25, 0.3) is 0 Å². The second-order valence-electron chi connectivity index (χ2n) is 7.09. The van der Waals surface area contributed by atoms with E-state index in [1.165, 1.54) is 24.1 Å². The predicted molar refractivity (Wildman–Crippen MR) is 97.4 cm³/mol. The molecule has 1 saturated heterocycles. The Hall–Kier alpha value is -2.50. The number of aryl methyl sites for hydroxylation is 2. The molecule has 0 saturated carbocycles. The van der Waals surface area contributed by atoms with Crippen LogP contribution in [0.5, 0.6) is 0 Å². The van der Waals surface area contributed by atoms with Crippen molar-refractivity contribution < 1.29 is 9.18 Å². The van der Waals surface area contributed by atoms with Crippen molar-refractivity contribution in [3.05, 3.63) is 52.7 Å². The molecule has 0 bridgehead atoms. The summed E-state index contributed by atoms with van der Waals surface area (Å²) in [5, 5.41) is 0. The van der Waals surface area contributed by atoms with Crippen LogP contribution in [0, 0.1) is 12.7 Å². The minimum atomic E-state index is -0.267. The summed E-state index contributed by atoms with van der Waals surface area (Å²) < 4.78 is 13.4. The molecule has 0 radical (unpaired) electrons. The predicted octanol–water partition coefficient (Wildman–Crippen LogP) is 2.65. The van der Waals surface area contributed by atoms with Crippen LogP contribution in [0.25, 0.3) is 0 Å². The Kier molecular flexibility index (Phi) is 4.57. The Morgan fingerprint density at radius 1 is 1.15 bits per heavy atom. The van der Waals surface area contributed by atoms with Crippen LogP contribution >= 0.6 is 0 Å². The van der Waals surface area contributed by atoms with Crippen molar-refractivity contribution in [3.8, 4) is 0 Å². The molecule has 1 aliphatic heterocycles. The molecule has 0 spiro atoms. The highest BCUT2D eigenvalue weighted by Crippen LogP contribution is 2.29. The molecular weight excluding hydrogens is 331 g/mol. The van der Waals surface area contributed by atoms with Crippen molar-refractivity contribution in [2.75, 3.05) is 24.5 Å². The summed E-state index contributed by atoms with van der Waals surface area (Å²) in [4.78, 5) is 25.8. The van der Waals surface area contributed by atoms with Gasteiger partial charge < -0.3 is 9.80 Å². The Labute approximate surface area is 152 Å². The van der Waals surface area contributed by atoms with E-state index in [9.17, 15) is 9.18 Å². The smallest absolute Gasteiger partial charge is 0.242 e. The average Bonchev–Trinajstić information content (AvgIpc) is 2.63. The fraction of sp³-hybridized carbons (Fsp3) is 0.450. The number of piperazine rings is 1. The van der Waals surface area contributed by atoms with Gasteiger partial charge in [0.15, 0.2) is 0 Å². The van der Waals surface area contributed by atoms with Crippen molar-refractivity contribution in [3.63, 3.8) is 0 Å². The maximum absolute atomic E-state index is 13.4. The maximum Gasteiger partial charge on any atom is 0.242 e. The number of carbonyl (C=O) groups is 1. The molecule has 0 N–H and O–H groups in total. The standard InChI is InChI=1S/C20H23FN4O/c1-14-22-18-8-3-2-7-17(18)20(23-14)25-10-9-24(19(26)13-25)12-15-5-4-6-16(21)11-15/h4-6,11H,2-3,7-10,12-13H2,1H3. The number of hydrogen-bond acceptors (Lipinski definition) is 4. The first-order valence-electron chi connectivity index (χ1n) is 9.24. The van der Waals surface area contributed by atoms with Crippen LogP contribution in [-0.2, 0) is 24.2 Å². The Morgan fingerprint density at radius 3 is 2.81 bits per heavy atom. The van der Waals surface area contributed by atoms with Crippen LogP contribution in [0.15, 0.2) is 24.3 Å². The summed E-state index contributed by atoms with van der Waals surface area (Å²) >= 11 is 0. The second kappa shape index (κ2) is 7.02. The van der Waals surface area contributed by atoms with Gasteiger partial charge in [-0.15, -0.1) is 0 Å². The van der Waals surface area contributed by atoms with E-state index in [-0.39, 0.29) is 11.7 Å². The number of aromatic nitrogens is 2. The highest BCUT2D eigenvalue weighted by molar-refractivity contribution is 5.82. The lowest BCUT2D eigenvalue weighted by atomic mass is 9.96. The zero-order valence-corrected chi connectivity index (χ0v) is 15.0. The van der Waals surface area contributed by atoms with Gasteiger partial charge in [-0.05, 0) is 50.3 Å². The fourth-order valence-corrected chi connectivity index (χ4v) is 3.87. The lowest BCUT2D eigenvalue weighted by molar-refractivity contribution is -0.131. The van der Waals surface area contributed by atoms with E-state index in [1.807, 2.05) is 13.0 Å². The average molecular weight is 354 g/mol. The van der Waals surface area contributed by atoms with E-state index in [4.69, 9.17) is 0 Å². The number of benzene rings is 1. The number of halogens is 1. The van der Waals surface area contributed by atoms with Gasteiger partial charge in [0.2, 0.25) is 5.91 Å². The number of amides is 1. The summed E-state index contributed by atoms with van der Waals surface area (Å²) in [7, 11) is 0. The molecule has 1 amide bonds. The molecule has 1 aromatic carbocycles. The van der Waals surface area contributed by atoms with Gasteiger partial charge in [-0.1, -0.05) is 12.1 Å². The summed E-state index contributed by atoms with van der Waals surface area (Å²) in [6.45, 7) is 4.04. The Bertz CT molecular complexity index is 839. The second-order valence-corrected chi connectivity index (χ2v) is 7.09. The quantitative estimate of drug-likeness (QED) is 0.850. The van der Waals surface area contributed by atoms with Gasteiger partial charge in [0.1, 0.15) is 17.5 Å². The molecule has 6 heteroatoms. The number of fused-ring (bicyclic) bond motifs is 1. The summed E-state index contributed by atoms with van der Waals surface area (Å²) in [5.41, 5.74) is 3.18. The van der Waals surface area contributed by atoms with Gasteiger partial charge in [0, 0.05) is 30.9 Å². The zero-order chi connectivity index (χ0) is 18.1. The molecule has 136 valence electrons. The maximum atomic E-state index is 13.4. The van der Waals surface area contributed by atoms with Crippen molar-refractivity contribution in [1.29, 1.82) is 0 Å². The molecule has 5 nitrogen and oxygen atoms in total. The minimum absolute atomic E-state index is 0.0568. The SMILES string of the molecule is Cc1nc2c(c(N3CCN(Cc4cccc(F)c4)C(=O)C3)n1)CCCC2. The van der Waals surface area contributed by atoms with Gasteiger partial charge >= 0.3 is 0 Å². The normalized spacial score (nSPS) is 17.4. The molecule has 2 aromatic rings. The zero-order valence-electron chi connectivity index (χ0n) is 15.0. The lowest BCUT2D eigenvalue weighted by Crippen LogP contribution is -2.50. The highest BCUT2D eigenvalue weighted by atomic mass is 19.1. The summed E-state index contributed by atoms with van der Waals surface area (Å²) in [6, 6.07) is 6.45. The molecule has 2 aliphatic rings. The third-order valence-corrected chi connectivity index (χ3v) is 5.15. The first kappa shape index (κ1) is 16.9. The molecule has 0 atom stereocenters. The molecule has 26 heavy (non-hydrogen) atoms.